The number of carboxylic acids is 1. The summed E-state index contributed by atoms with van der Waals surface area (Å²) in [6.07, 6.45) is 4.17. The number of aryl methyl sites for hydroxylation is 2. The summed E-state index contributed by atoms with van der Waals surface area (Å²) in [6.45, 7) is 1.77. The van der Waals surface area contributed by atoms with Crippen molar-refractivity contribution in [2.45, 2.75) is 69.4 Å². The number of nitrogens with zero attached hydrogens (tertiary/aromatic N) is 2. The fraction of sp³-hybridized carbons (Fsp3) is 0.297. The van der Waals surface area contributed by atoms with E-state index in [2.05, 4.69) is 6.07 Å². The monoisotopic (exact) mass is 728 g/mol. The summed E-state index contributed by atoms with van der Waals surface area (Å²) in [5, 5.41) is 8.07. The smallest absolute Gasteiger partial charge is 0.335 e. The van der Waals surface area contributed by atoms with Gasteiger partial charge in [-0.05, 0) is 103 Å². The van der Waals surface area contributed by atoms with Crippen LogP contribution in [0.3, 0.4) is 0 Å². The molecular formula is C37H33ClF4N2O5S. The van der Waals surface area contributed by atoms with Gasteiger partial charge in [-0.2, -0.15) is 4.31 Å². The fourth-order valence-electron chi connectivity index (χ4n) is 6.10. The number of amides is 1. The van der Waals surface area contributed by atoms with Gasteiger partial charge in [-0.1, -0.05) is 54.1 Å². The Morgan fingerprint density at radius 1 is 0.800 bits per heavy atom. The van der Waals surface area contributed by atoms with Gasteiger partial charge in [0.05, 0.1) is 18.7 Å². The van der Waals surface area contributed by atoms with Crippen LogP contribution in [-0.2, 0) is 27.9 Å². The second kappa shape index (κ2) is 13.8. The maximum atomic E-state index is 15.2. The Morgan fingerprint density at radius 3 is 1.96 bits per heavy atom. The Morgan fingerprint density at radius 2 is 1.40 bits per heavy atom. The number of rotatable bonds is 12. The summed E-state index contributed by atoms with van der Waals surface area (Å²) < 4.78 is 87.0. The number of carbonyl (C=O) groups excluding carboxylic acids is 1. The van der Waals surface area contributed by atoms with Crippen LogP contribution in [0.15, 0.2) is 65.6 Å². The zero-order chi connectivity index (χ0) is 36.1. The highest BCUT2D eigenvalue weighted by molar-refractivity contribution is 7.89. The molecule has 2 aliphatic rings. The average molecular weight is 729 g/mol. The van der Waals surface area contributed by atoms with Gasteiger partial charge in [0.25, 0.3) is 0 Å². The van der Waals surface area contributed by atoms with Crippen molar-refractivity contribution >= 4 is 39.2 Å². The van der Waals surface area contributed by atoms with Gasteiger partial charge in [0.2, 0.25) is 15.9 Å². The minimum atomic E-state index is -5.32. The van der Waals surface area contributed by atoms with Crippen molar-refractivity contribution < 1.29 is 40.7 Å². The Hall–Kier alpha value is -4.26. The molecule has 2 saturated carbocycles. The third kappa shape index (κ3) is 7.15. The highest BCUT2D eigenvalue weighted by Gasteiger charge is 2.38. The molecule has 0 spiro atoms. The van der Waals surface area contributed by atoms with E-state index < -0.39 is 68.2 Å². The molecule has 4 aromatic carbocycles. The molecule has 1 N–H and O–H groups in total. The van der Waals surface area contributed by atoms with E-state index >= 15 is 4.39 Å². The first-order chi connectivity index (χ1) is 23.7. The van der Waals surface area contributed by atoms with Gasteiger partial charge in [-0.25, -0.2) is 30.8 Å². The van der Waals surface area contributed by atoms with Gasteiger partial charge in [0.15, 0.2) is 23.3 Å². The van der Waals surface area contributed by atoms with Crippen molar-refractivity contribution in [1.29, 1.82) is 0 Å². The average Bonchev–Trinajstić information content (AvgIpc) is 4.00. The predicted octanol–water partition coefficient (Wildman–Crippen LogP) is 8.39. The van der Waals surface area contributed by atoms with Crippen molar-refractivity contribution in [2.75, 3.05) is 11.4 Å². The summed E-state index contributed by atoms with van der Waals surface area (Å²) >= 11 is 5.82. The number of carbonyl (C=O) groups is 2. The van der Waals surface area contributed by atoms with Crippen LogP contribution in [-0.4, -0.2) is 36.3 Å². The van der Waals surface area contributed by atoms with E-state index in [-0.39, 0.29) is 12.1 Å². The second-order valence-electron chi connectivity index (χ2n) is 12.9. The van der Waals surface area contributed by atoms with Crippen LogP contribution < -0.4 is 4.90 Å². The van der Waals surface area contributed by atoms with E-state index in [4.69, 9.17) is 11.6 Å². The Balaban J connectivity index is 1.45. The summed E-state index contributed by atoms with van der Waals surface area (Å²) in [5.41, 5.74) is 4.72. The van der Waals surface area contributed by atoms with Gasteiger partial charge in [-0.15, -0.1) is 0 Å². The number of benzene rings is 4. The molecule has 2 fully saturated rings. The summed E-state index contributed by atoms with van der Waals surface area (Å²) in [7, 11) is -5.32. The Labute approximate surface area is 292 Å². The standard InChI is InChI=1S/C37H33ClF4N2O5S/c1-20-5-3-4-6-26(20)18-43(50(48,49)36-31(38)32(39)33(40)34(41)35(36)42)19-30(45)44(29-12-11-25(37(46)47)13-21(29)2)17-22-14-27(23-7-8-23)16-28(15-22)24-9-10-24/h3-6,11-16,23-24H,7-10,17-19H2,1-2H3,(H,46,47). The van der Waals surface area contributed by atoms with Gasteiger partial charge in [0.1, 0.15) is 9.92 Å². The van der Waals surface area contributed by atoms with E-state index in [0.717, 1.165) is 42.4 Å². The minimum absolute atomic E-state index is 0.0281. The minimum Gasteiger partial charge on any atom is -0.478 e. The molecule has 0 heterocycles. The summed E-state index contributed by atoms with van der Waals surface area (Å²) in [4.78, 5) is 25.9. The molecule has 13 heteroatoms. The van der Waals surface area contributed by atoms with Crippen LogP contribution in [0.1, 0.15) is 81.3 Å². The summed E-state index contributed by atoms with van der Waals surface area (Å²) in [6, 6.07) is 16.9. The number of aromatic carboxylic acids is 1. The van der Waals surface area contributed by atoms with Crippen molar-refractivity contribution in [2.24, 2.45) is 0 Å². The quantitative estimate of drug-likeness (QED) is 0.0899. The fourth-order valence-corrected chi connectivity index (χ4v) is 8.04. The molecule has 1 amide bonds. The van der Waals surface area contributed by atoms with Gasteiger partial charge in [0, 0.05) is 12.2 Å². The van der Waals surface area contributed by atoms with Crippen LogP contribution in [0.5, 0.6) is 0 Å². The van der Waals surface area contributed by atoms with Crippen LogP contribution in [0.25, 0.3) is 0 Å². The number of halogens is 5. The molecule has 0 aliphatic heterocycles. The Bertz CT molecular complexity index is 2080. The van der Waals surface area contributed by atoms with Crippen molar-refractivity contribution in [1.82, 2.24) is 4.31 Å². The van der Waals surface area contributed by atoms with Crippen molar-refractivity contribution in [3.05, 3.63) is 128 Å². The van der Waals surface area contributed by atoms with E-state index in [1.165, 1.54) is 23.1 Å². The Kier molecular flexibility index (Phi) is 9.82. The number of hydrogen-bond donors (Lipinski definition) is 1. The molecule has 262 valence electrons. The molecule has 6 rings (SSSR count). The third-order valence-electron chi connectivity index (χ3n) is 9.20. The van der Waals surface area contributed by atoms with Gasteiger partial charge < -0.3 is 10.0 Å². The third-order valence-corrected chi connectivity index (χ3v) is 11.5. The molecule has 0 unspecified atom stereocenters. The second-order valence-corrected chi connectivity index (χ2v) is 15.2. The highest BCUT2D eigenvalue weighted by Crippen LogP contribution is 2.45. The van der Waals surface area contributed by atoms with Crippen molar-refractivity contribution in [3.63, 3.8) is 0 Å². The molecule has 0 aromatic heterocycles. The van der Waals surface area contributed by atoms with E-state index in [1.54, 1.807) is 38.1 Å². The number of hydrogen-bond acceptors (Lipinski definition) is 4. The first-order valence-electron chi connectivity index (χ1n) is 16.0. The topological polar surface area (TPSA) is 95.0 Å². The lowest BCUT2D eigenvalue weighted by Gasteiger charge is -2.29. The van der Waals surface area contributed by atoms with Crippen LogP contribution >= 0.6 is 11.6 Å². The molecule has 0 radical (unpaired) electrons. The lowest BCUT2D eigenvalue weighted by atomic mass is 9.99. The lowest BCUT2D eigenvalue weighted by Crippen LogP contribution is -2.43. The molecule has 0 bridgehead atoms. The van der Waals surface area contributed by atoms with E-state index in [9.17, 15) is 36.3 Å². The van der Waals surface area contributed by atoms with E-state index in [1.807, 2.05) is 12.1 Å². The first kappa shape index (κ1) is 35.6. The maximum absolute atomic E-state index is 15.2. The zero-order valence-electron chi connectivity index (χ0n) is 27.2. The maximum Gasteiger partial charge on any atom is 0.335 e. The predicted molar refractivity (Wildman–Crippen MR) is 180 cm³/mol. The van der Waals surface area contributed by atoms with Crippen LogP contribution in [0.4, 0.5) is 23.2 Å². The van der Waals surface area contributed by atoms with Crippen LogP contribution in [0, 0.1) is 37.1 Å². The molecular weight excluding hydrogens is 696 g/mol. The zero-order valence-corrected chi connectivity index (χ0v) is 28.7. The molecule has 4 aromatic rings. The molecule has 7 nitrogen and oxygen atoms in total. The SMILES string of the molecule is Cc1ccccc1CN(CC(=O)N(Cc1cc(C2CC2)cc(C2CC2)c1)c1ccc(C(=O)O)cc1C)S(=O)(=O)c1c(F)c(F)c(F)c(F)c1Cl. The molecule has 2 aliphatic carbocycles. The number of anilines is 1. The molecule has 0 saturated heterocycles. The van der Waals surface area contributed by atoms with Gasteiger partial charge in [-0.3, -0.25) is 4.79 Å². The van der Waals surface area contributed by atoms with Gasteiger partial charge >= 0.3 is 5.97 Å². The normalized spacial score (nSPS) is 14.6. The molecule has 0 atom stereocenters. The lowest BCUT2D eigenvalue weighted by molar-refractivity contribution is -0.119. The number of carboxylic acid groups (broad SMARTS) is 1. The first-order valence-corrected chi connectivity index (χ1v) is 17.8. The van der Waals surface area contributed by atoms with Crippen LogP contribution in [0.2, 0.25) is 5.02 Å². The molecule has 50 heavy (non-hydrogen) atoms. The van der Waals surface area contributed by atoms with Crippen molar-refractivity contribution in [3.8, 4) is 0 Å². The highest BCUT2D eigenvalue weighted by atomic mass is 35.5. The largest absolute Gasteiger partial charge is 0.478 e. The summed E-state index contributed by atoms with van der Waals surface area (Å²) in [5.74, 6) is -10.2. The number of sulfonamides is 1. The van der Waals surface area contributed by atoms with E-state index in [0.29, 0.717) is 38.5 Å².